The predicted molar refractivity (Wildman–Crippen MR) is 113 cm³/mol. The van der Waals surface area contributed by atoms with Gasteiger partial charge in [-0.15, -0.1) is 0 Å². The van der Waals surface area contributed by atoms with E-state index in [1.54, 1.807) is 19.9 Å². The standard InChI is InChI=1S/C23H26FN3O3/c1-15-4-6-18-20(12-15)30-19-7-5-16(24)13-17(19)21(25-18)27-10-8-26(9-11-27)14-23(2,3)22(28)29/h4-7,12-13H,8-11,14H2,1-3H3,(H,28,29). The molecule has 2 aliphatic rings. The molecule has 1 saturated heterocycles. The largest absolute Gasteiger partial charge is 0.481 e. The minimum Gasteiger partial charge on any atom is -0.481 e. The van der Waals surface area contributed by atoms with Crippen molar-refractivity contribution < 1.29 is 19.0 Å². The molecule has 2 aliphatic heterocycles. The van der Waals surface area contributed by atoms with Gasteiger partial charge in [-0.25, -0.2) is 9.38 Å². The lowest BCUT2D eigenvalue weighted by molar-refractivity contribution is -0.148. The number of rotatable bonds is 3. The Morgan fingerprint density at radius 2 is 1.87 bits per heavy atom. The van der Waals surface area contributed by atoms with E-state index in [1.807, 2.05) is 25.1 Å². The summed E-state index contributed by atoms with van der Waals surface area (Å²) in [7, 11) is 0. The first kappa shape index (κ1) is 20.3. The number of aryl methyl sites for hydroxylation is 1. The summed E-state index contributed by atoms with van der Waals surface area (Å²) in [6.45, 7) is 8.72. The topological polar surface area (TPSA) is 65.4 Å². The normalized spacial score (nSPS) is 16.8. The minimum atomic E-state index is -0.803. The van der Waals surface area contributed by atoms with Crippen LogP contribution in [0, 0.1) is 18.2 Å². The van der Waals surface area contributed by atoms with Crippen molar-refractivity contribution in [1.29, 1.82) is 0 Å². The summed E-state index contributed by atoms with van der Waals surface area (Å²) in [5, 5.41) is 9.40. The first-order valence-electron chi connectivity index (χ1n) is 10.1. The lowest BCUT2D eigenvalue weighted by atomic mass is 9.93. The molecule has 2 aromatic rings. The zero-order chi connectivity index (χ0) is 21.5. The van der Waals surface area contributed by atoms with E-state index >= 15 is 0 Å². The highest BCUT2D eigenvalue weighted by Gasteiger charge is 2.32. The Hall–Kier alpha value is -2.93. The van der Waals surface area contributed by atoms with Crippen LogP contribution in [0.5, 0.6) is 11.5 Å². The number of nitrogens with zero attached hydrogens (tertiary/aromatic N) is 3. The number of halogens is 1. The maximum atomic E-state index is 14.1. The molecule has 0 aromatic heterocycles. The van der Waals surface area contributed by atoms with Gasteiger partial charge in [0.1, 0.15) is 23.1 Å². The number of benzene rings is 2. The number of carboxylic acid groups (broad SMARTS) is 1. The molecule has 0 bridgehead atoms. The van der Waals surface area contributed by atoms with Crippen molar-refractivity contribution in [2.75, 3.05) is 32.7 Å². The molecule has 2 heterocycles. The second kappa shape index (κ2) is 7.72. The molecule has 0 amide bonds. The number of carboxylic acids is 1. The molecular formula is C23H26FN3O3. The van der Waals surface area contributed by atoms with E-state index in [1.165, 1.54) is 12.1 Å². The van der Waals surface area contributed by atoms with Gasteiger partial charge in [-0.2, -0.15) is 0 Å². The lowest BCUT2D eigenvalue weighted by Crippen LogP contribution is -2.52. The average molecular weight is 411 g/mol. The molecule has 0 unspecified atom stereocenters. The van der Waals surface area contributed by atoms with Crippen LogP contribution in [0.2, 0.25) is 0 Å². The van der Waals surface area contributed by atoms with Crippen LogP contribution in [0.1, 0.15) is 25.0 Å². The zero-order valence-corrected chi connectivity index (χ0v) is 17.5. The SMILES string of the molecule is Cc1ccc2c(c1)Oc1ccc(F)cc1C(N1CCN(CC(C)(C)C(=O)O)CC1)=N2. The number of aliphatic carboxylic acids is 1. The maximum absolute atomic E-state index is 14.1. The summed E-state index contributed by atoms with van der Waals surface area (Å²) in [6.07, 6.45) is 0. The van der Waals surface area contributed by atoms with Crippen molar-refractivity contribution >= 4 is 17.5 Å². The fraction of sp³-hybridized carbons (Fsp3) is 0.391. The molecule has 1 fully saturated rings. The molecule has 4 rings (SSSR count). The van der Waals surface area contributed by atoms with Crippen molar-refractivity contribution in [3.63, 3.8) is 0 Å². The fourth-order valence-electron chi connectivity index (χ4n) is 3.84. The second-order valence-electron chi connectivity index (χ2n) is 8.60. The maximum Gasteiger partial charge on any atom is 0.310 e. The van der Waals surface area contributed by atoms with Gasteiger partial charge in [0.2, 0.25) is 0 Å². The van der Waals surface area contributed by atoms with Gasteiger partial charge in [0.05, 0.1) is 11.0 Å². The molecule has 2 aromatic carbocycles. The molecule has 30 heavy (non-hydrogen) atoms. The number of amidine groups is 1. The highest BCUT2D eigenvalue weighted by molar-refractivity contribution is 6.03. The van der Waals surface area contributed by atoms with Crippen molar-refractivity contribution in [2.45, 2.75) is 20.8 Å². The number of ether oxygens (including phenoxy) is 1. The van der Waals surface area contributed by atoms with Crippen LogP contribution in [-0.4, -0.2) is 59.4 Å². The van der Waals surface area contributed by atoms with Crippen LogP contribution in [0.15, 0.2) is 41.4 Å². The van der Waals surface area contributed by atoms with E-state index in [9.17, 15) is 14.3 Å². The summed E-state index contributed by atoms with van der Waals surface area (Å²) >= 11 is 0. The monoisotopic (exact) mass is 411 g/mol. The van der Waals surface area contributed by atoms with Crippen molar-refractivity contribution in [3.8, 4) is 11.5 Å². The molecule has 1 N–H and O–H groups in total. The summed E-state index contributed by atoms with van der Waals surface area (Å²) in [4.78, 5) is 20.6. The molecule has 0 atom stereocenters. The van der Waals surface area contributed by atoms with E-state index < -0.39 is 11.4 Å². The predicted octanol–water partition coefficient (Wildman–Crippen LogP) is 4.05. The lowest BCUT2D eigenvalue weighted by Gasteiger charge is -2.38. The van der Waals surface area contributed by atoms with Gasteiger partial charge in [0, 0.05) is 32.7 Å². The van der Waals surface area contributed by atoms with Crippen LogP contribution in [0.25, 0.3) is 0 Å². The Labute approximate surface area is 175 Å². The van der Waals surface area contributed by atoms with Crippen molar-refractivity contribution in [3.05, 3.63) is 53.3 Å². The Morgan fingerprint density at radius 1 is 1.13 bits per heavy atom. The van der Waals surface area contributed by atoms with E-state index in [0.717, 1.165) is 5.56 Å². The van der Waals surface area contributed by atoms with Crippen LogP contribution < -0.4 is 4.74 Å². The first-order chi connectivity index (χ1) is 14.2. The van der Waals surface area contributed by atoms with Gasteiger partial charge < -0.3 is 14.7 Å². The highest BCUT2D eigenvalue weighted by atomic mass is 19.1. The molecule has 0 saturated carbocycles. The van der Waals surface area contributed by atoms with Gasteiger partial charge in [-0.05, 0) is 56.7 Å². The fourth-order valence-corrected chi connectivity index (χ4v) is 3.84. The van der Waals surface area contributed by atoms with Gasteiger partial charge in [-0.3, -0.25) is 9.69 Å². The van der Waals surface area contributed by atoms with Crippen LogP contribution >= 0.6 is 0 Å². The summed E-state index contributed by atoms with van der Waals surface area (Å²) in [6, 6.07) is 10.3. The van der Waals surface area contributed by atoms with Crippen molar-refractivity contribution in [2.24, 2.45) is 10.4 Å². The summed E-state index contributed by atoms with van der Waals surface area (Å²) in [5.74, 6) is 0.776. The van der Waals surface area contributed by atoms with Crippen LogP contribution in [0.4, 0.5) is 10.1 Å². The van der Waals surface area contributed by atoms with E-state index in [4.69, 9.17) is 9.73 Å². The highest BCUT2D eigenvalue weighted by Crippen LogP contribution is 2.39. The molecule has 0 radical (unpaired) electrons. The molecule has 0 spiro atoms. The second-order valence-corrected chi connectivity index (χ2v) is 8.60. The summed E-state index contributed by atoms with van der Waals surface area (Å²) < 4.78 is 20.2. The van der Waals surface area contributed by atoms with Gasteiger partial charge in [-0.1, -0.05) is 6.07 Å². The van der Waals surface area contributed by atoms with E-state index in [0.29, 0.717) is 61.3 Å². The number of carbonyl (C=O) groups is 1. The molecular weight excluding hydrogens is 385 g/mol. The van der Waals surface area contributed by atoms with Crippen LogP contribution in [-0.2, 0) is 4.79 Å². The smallest absolute Gasteiger partial charge is 0.310 e. The quantitative estimate of drug-likeness (QED) is 0.826. The van der Waals surface area contributed by atoms with Crippen molar-refractivity contribution in [1.82, 2.24) is 9.80 Å². The van der Waals surface area contributed by atoms with E-state index in [-0.39, 0.29) is 5.82 Å². The van der Waals surface area contributed by atoms with Gasteiger partial charge >= 0.3 is 5.97 Å². The zero-order valence-electron chi connectivity index (χ0n) is 17.5. The number of aliphatic imine (C=N–C) groups is 1. The number of piperazine rings is 1. The Bertz CT molecular complexity index is 1010. The third-order valence-electron chi connectivity index (χ3n) is 5.61. The Kier molecular flexibility index (Phi) is 5.24. The molecule has 158 valence electrons. The third kappa shape index (κ3) is 4.03. The van der Waals surface area contributed by atoms with E-state index in [2.05, 4.69) is 9.80 Å². The molecule has 6 nitrogen and oxygen atoms in total. The van der Waals surface area contributed by atoms with Crippen LogP contribution in [0.3, 0.4) is 0 Å². The molecule has 0 aliphatic carbocycles. The summed E-state index contributed by atoms with van der Waals surface area (Å²) in [5.41, 5.74) is 1.60. The Morgan fingerprint density at radius 3 is 2.57 bits per heavy atom. The number of fused-ring (bicyclic) bond motifs is 2. The molecule has 7 heteroatoms. The van der Waals surface area contributed by atoms with Gasteiger partial charge in [0.15, 0.2) is 5.75 Å². The average Bonchev–Trinajstić information content (AvgIpc) is 2.84. The Balaban J connectivity index is 1.62. The minimum absolute atomic E-state index is 0.339. The first-order valence-corrected chi connectivity index (χ1v) is 10.1. The third-order valence-corrected chi connectivity index (χ3v) is 5.61. The number of hydrogen-bond acceptors (Lipinski definition) is 5. The number of hydrogen-bond donors (Lipinski definition) is 1. The van der Waals surface area contributed by atoms with Gasteiger partial charge in [0.25, 0.3) is 0 Å².